The first-order chi connectivity index (χ1) is 9.69. The van der Waals surface area contributed by atoms with Crippen LogP contribution >= 0.6 is 0 Å². The molecule has 0 radical (unpaired) electrons. The van der Waals surface area contributed by atoms with Gasteiger partial charge >= 0.3 is 0 Å². The average Bonchev–Trinajstić information content (AvgIpc) is 2.48. The Labute approximate surface area is 114 Å². The molecule has 2 aromatic heterocycles. The van der Waals surface area contributed by atoms with E-state index >= 15 is 0 Å². The molecule has 0 saturated carbocycles. The molecule has 0 unspecified atom stereocenters. The van der Waals surface area contributed by atoms with Crippen molar-refractivity contribution in [2.75, 3.05) is 20.3 Å². The number of ether oxygens (including phenoxy) is 3. The summed E-state index contributed by atoms with van der Waals surface area (Å²) in [7, 11) is 1.49. The molecule has 7 heteroatoms. The second-order valence-corrected chi connectivity index (χ2v) is 4.50. The highest BCUT2D eigenvalue weighted by atomic mass is 19.1. The summed E-state index contributed by atoms with van der Waals surface area (Å²) < 4.78 is 30.0. The van der Waals surface area contributed by atoms with Crippen molar-refractivity contribution in [2.45, 2.75) is 12.3 Å². The largest absolute Gasteiger partial charge is 0.481 e. The van der Waals surface area contributed by atoms with E-state index in [0.29, 0.717) is 30.1 Å². The molecule has 0 amide bonds. The third-order valence-electron chi connectivity index (χ3n) is 3.05. The van der Waals surface area contributed by atoms with Crippen LogP contribution in [-0.4, -0.2) is 36.3 Å². The Balaban J connectivity index is 2.09. The van der Waals surface area contributed by atoms with Crippen LogP contribution in [0.4, 0.5) is 4.39 Å². The normalized spacial score (nSPS) is 22.9. The summed E-state index contributed by atoms with van der Waals surface area (Å²) in [6.45, 7) is 0.607. The van der Waals surface area contributed by atoms with Crippen molar-refractivity contribution < 1.29 is 18.6 Å². The average molecular weight is 279 g/mol. The van der Waals surface area contributed by atoms with E-state index in [1.54, 1.807) is 12.1 Å². The predicted molar refractivity (Wildman–Crippen MR) is 68.7 cm³/mol. The minimum atomic E-state index is -0.833. The van der Waals surface area contributed by atoms with Crippen LogP contribution in [0.2, 0.25) is 0 Å². The Morgan fingerprint density at radius 1 is 1.35 bits per heavy atom. The molecule has 6 nitrogen and oxygen atoms in total. The molecule has 3 rings (SSSR count). The fourth-order valence-electron chi connectivity index (χ4n) is 2.07. The minimum absolute atomic E-state index is 0.204. The molecule has 3 heterocycles. The summed E-state index contributed by atoms with van der Waals surface area (Å²) in [5, 5.41) is 0. The Kier molecular flexibility index (Phi) is 3.47. The number of pyridine rings is 2. The minimum Gasteiger partial charge on any atom is -0.481 e. The smallest absolute Gasteiger partial charge is 0.213 e. The van der Waals surface area contributed by atoms with Gasteiger partial charge in [-0.1, -0.05) is 0 Å². The first-order valence-corrected chi connectivity index (χ1v) is 6.17. The third kappa shape index (κ3) is 2.31. The maximum atomic E-state index is 14.1. The molecule has 0 atom stereocenters. The van der Waals surface area contributed by atoms with E-state index < -0.39 is 12.1 Å². The molecule has 0 aliphatic carbocycles. The molecule has 1 aliphatic rings. The zero-order valence-electron chi connectivity index (χ0n) is 10.9. The van der Waals surface area contributed by atoms with Gasteiger partial charge in [0.05, 0.1) is 43.6 Å². The van der Waals surface area contributed by atoms with Crippen LogP contribution in [0.5, 0.6) is 5.88 Å². The van der Waals surface area contributed by atoms with Gasteiger partial charge in [0.1, 0.15) is 5.52 Å². The van der Waals surface area contributed by atoms with Gasteiger partial charge in [0.2, 0.25) is 5.88 Å². The number of halogens is 1. The van der Waals surface area contributed by atoms with Gasteiger partial charge in [-0.25, -0.2) is 9.37 Å². The van der Waals surface area contributed by atoms with E-state index in [2.05, 4.69) is 9.97 Å². The summed E-state index contributed by atoms with van der Waals surface area (Å²) in [6.07, 6.45) is 0.299. The van der Waals surface area contributed by atoms with Crippen molar-refractivity contribution in [1.82, 2.24) is 9.97 Å². The molecular formula is C13H14FN3O3. The van der Waals surface area contributed by atoms with Crippen LogP contribution in [0.1, 0.15) is 11.9 Å². The topological polar surface area (TPSA) is 79.5 Å². The Hall–Kier alpha value is -1.83. The lowest BCUT2D eigenvalue weighted by atomic mass is 10.1. The van der Waals surface area contributed by atoms with Crippen LogP contribution in [0.3, 0.4) is 0 Å². The van der Waals surface area contributed by atoms with Crippen molar-refractivity contribution in [3.63, 3.8) is 0 Å². The van der Waals surface area contributed by atoms with E-state index in [0.717, 1.165) is 6.20 Å². The fourth-order valence-corrected chi connectivity index (χ4v) is 2.07. The summed E-state index contributed by atoms with van der Waals surface area (Å²) in [6, 6.07) is 3.17. The van der Waals surface area contributed by atoms with Crippen molar-refractivity contribution in [2.24, 2.45) is 5.73 Å². The molecule has 106 valence electrons. The van der Waals surface area contributed by atoms with E-state index in [-0.39, 0.29) is 11.6 Å². The van der Waals surface area contributed by atoms with Gasteiger partial charge in [-0.15, -0.1) is 0 Å². The molecule has 2 aromatic rings. The zero-order chi connectivity index (χ0) is 14.1. The number of nitrogens with zero attached hydrogens (tertiary/aromatic N) is 2. The first kappa shape index (κ1) is 13.2. The monoisotopic (exact) mass is 279 g/mol. The van der Waals surface area contributed by atoms with Crippen LogP contribution in [0.25, 0.3) is 11.0 Å². The lowest BCUT2D eigenvalue weighted by Crippen LogP contribution is -2.38. The number of methoxy groups -OCH3 is 1. The van der Waals surface area contributed by atoms with Crippen molar-refractivity contribution >= 4 is 11.0 Å². The van der Waals surface area contributed by atoms with Gasteiger partial charge < -0.3 is 19.9 Å². The molecule has 2 N–H and O–H groups in total. The van der Waals surface area contributed by atoms with Crippen molar-refractivity contribution in [1.29, 1.82) is 0 Å². The summed E-state index contributed by atoms with van der Waals surface area (Å²) in [5.41, 5.74) is 6.81. The molecule has 0 bridgehead atoms. The Morgan fingerprint density at radius 3 is 2.80 bits per heavy atom. The lowest BCUT2D eigenvalue weighted by molar-refractivity contribution is -0.190. The third-order valence-corrected chi connectivity index (χ3v) is 3.05. The molecule has 20 heavy (non-hydrogen) atoms. The van der Waals surface area contributed by atoms with Crippen LogP contribution in [0, 0.1) is 5.82 Å². The van der Waals surface area contributed by atoms with Crippen molar-refractivity contribution in [3.05, 3.63) is 29.7 Å². The van der Waals surface area contributed by atoms with E-state index in [1.165, 1.54) is 7.11 Å². The fraction of sp³-hybridized carbons (Fsp3) is 0.385. The SMILES string of the molecule is COc1ccc2ncc(F)c(C3OCC(N)CO3)c2n1. The quantitative estimate of drug-likeness (QED) is 0.888. The van der Waals surface area contributed by atoms with Crippen molar-refractivity contribution in [3.8, 4) is 5.88 Å². The number of nitrogens with two attached hydrogens (primary N) is 1. The van der Waals surface area contributed by atoms with Crippen LogP contribution in [-0.2, 0) is 9.47 Å². The number of hydrogen-bond donors (Lipinski definition) is 1. The number of rotatable bonds is 2. The van der Waals surface area contributed by atoms with E-state index in [4.69, 9.17) is 19.9 Å². The maximum Gasteiger partial charge on any atom is 0.213 e. The summed E-state index contributed by atoms with van der Waals surface area (Å²) in [5.74, 6) is -0.155. The van der Waals surface area contributed by atoms with E-state index in [9.17, 15) is 4.39 Å². The number of aromatic nitrogens is 2. The van der Waals surface area contributed by atoms with Gasteiger partial charge in [0, 0.05) is 6.07 Å². The van der Waals surface area contributed by atoms with Gasteiger partial charge in [-0.2, -0.15) is 0 Å². The second kappa shape index (κ2) is 5.28. The van der Waals surface area contributed by atoms with Gasteiger partial charge in [0.15, 0.2) is 12.1 Å². The molecule has 1 aliphatic heterocycles. The molecule has 0 spiro atoms. The summed E-state index contributed by atoms with van der Waals surface area (Å²) in [4.78, 5) is 8.23. The van der Waals surface area contributed by atoms with Gasteiger partial charge in [-0.3, -0.25) is 4.98 Å². The highest BCUT2D eigenvalue weighted by Gasteiger charge is 2.27. The highest BCUT2D eigenvalue weighted by Crippen LogP contribution is 2.30. The molecule has 0 aromatic carbocycles. The van der Waals surface area contributed by atoms with Gasteiger partial charge in [0.25, 0.3) is 0 Å². The molecular weight excluding hydrogens is 265 g/mol. The first-order valence-electron chi connectivity index (χ1n) is 6.17. The van der Waals surface area contributed by atoms with Crippen LogP contribution < -0.4 is 10.5 Å². The predicted octanol–water partition coefficient (Wildman–Crippen LogP) is 1.15. The summed E-state index contributed by atoms with van der Waals surface area (Å²) >= 11 is 0. The van der Waals surface area contributed by atoms with E-state index in [1.807, 2.05) is 0 Å². The lowest BCUT2D eigenvalue weighted by Gasteiger charge is -2.28. The molecule has 1 fully saturated rings. The standard InChI is InChI=1S/C13H14FN3O3/c1-18-10-3-2-9-12(17-10)11(8(14)4-16-9)13-19-5-7(15)6-20-13/h2-4,7,13H,5-6,15H2,1H3. The van der Waals surface area contributed by atoms with Gasteiger partial charge in [-0.05, 0) is 6.07 Å². The highest BCUT2D eigenvalue weighted by molar-refractivity contribution is 5.78. The Morgan fingerprint density at radius 2 is 2.10 bits per heavy atom. The molecule has 1 saturated heterocycles. The maximum absolute atomic E-state index is 14.1. The zero-order valence-corrected chi connectivity index (χ0v) is 10.9. The number of fused-ring (bicyclic) bond motifs is 1. The Bertz CT molecular complexity index is 630. The second-order valence-electron chi connectivity index (χ2n) is 4.50. The number of hydrogen-bond acceptors (Lipinski definition) is 6. The van der Waals surface area contributed by atoms with Crippen LogP contribution in [0.15, 0.2) is 18.3 Å².